The largest absolute Gasteiger partial charge is 0.497 e. The monoisotopic (exact) mass is 455 g/mol. The molecule has 0 atom stereocenters. The fourth-order valence-corrected chi connectivity index (χ4v) is 4.54. The Morgan fingerprint density at radius 2 is 1.68 bits per heavy atom. The molecule has 1 aliphatic rings. The summed E-state index contributed by atoms with van der Waals surface area (Å²) in [6.07, 6.45) is 1.98. The Morgan fingerprint density at radius 1 is 0.941 bits per heavy atom. The van der Waals surface area contributed by atoms with Gasteiger partial charge in [-0.3, -0.25) is 4.79 Å². The molecule has 0 unspecified atom stereocenters. The van der Waals surface area contributed by atoms with Crippen LogP contribution < -0.4 is 9.64 Å². The highest BCUT2D eigenvalue weighted by Crippen LogP contribution is 2.26. The molecule has 2 aromatic heterocycles. The van der Waals surface area contributed by atoms with E-state index >= 15 is 0 Å². The molecular formula is C27H29N5O2. The first-order valence-corrected chi connectivity index (χ1v) is 11.5. The van der Waals surface area contributed by atoms with E-state index in [0.717, 1.165) is 35.9 Å². The topological polar surface area (TPSA) is 55.5 Å². The number of aromatic nitrogens is 3. The van der Waals surface area contributed by atoms with E-state index < -0.39 is 0 Å². The standard InChI is InChI=1S/C27H29N5O2/c1-20-7-4-5-8-24(20)30-15-17-31(18-16-30)27(33)26-19-23(25-9-6-14-29(25)2)28-32(26)21-10-12-22(34-3)13-11-21/h4-14,19H,15-18H2,1-3H3. The minimum atomic E-state index is -0.00629. The Morgan fingerprint density at radius 3 is 2.32 bits per heavy atom. The molecule has 0 bridgehead atoms. The first kappa shape index (κ1) is 21.8. The van der Waals surface area contributed by atoms with Gasteiger partial charge in [0.05, 0.1) is 18.5 Å². The van der Waals surface area contributed by atoms with Crippen LogP contribution in [0.5, 0.6) is 5.75 Å². The van der Waals surface area contributed by atoms with Crippen molar-refractivity contribution in [1.82, 2.24) is 19.2 Å². The van der Waals surface area contributed by atoms with E-state index in [9.17, 15) is 4.79 Å². The highest BCUT2D eigenvalue weighted by molar-refractivity contribution is 5.94. The maximum atomic E-state index is 13.7. The second kappa shape index (κ2) is 9.09. The molecule has 34 heavy (non-hydrogen) atoms. The van der Waals surface area contributed by atoms with Crippen molar-refractivity contribution in [2.75, 3.05) is 38.2 Å². The first-order chi connectivity index (χ1) is 16.5. The maximum Gasteiger partial charge on any atom is 0.272 e. The van der Waals surface area contributed by atoms with E-state index in [1.807, 2.05) is 65.2 Å². The predicted octanol–water partition coefficient (Wildman–Crippen LogP) is 4.16. The first-order valence-electron chi connectivity index (χ1n) is 11.5. The second-order valence-electron chi connectivity index (χ2n) is 8.59. The van der Waals surface area contributed by atoms with Crippen molar-refractivity contribution in [2.45, 2.75) is 6.92 Å². The van der Waals surface area contributed by atoms with Crippen molar-refractivity contribution in [3.8, 4) is 22.8 Å². The predicted molar refractivity (Wildman–Crippen MR) is 134 cm³/mol. The molecule has 1 amide bonds. The van der Waals surface area contributed by atoms with Crippen molar-refractivity contribution in [3.05, 3.63) is 84.2 Å². The molecule has 3 heterocycles. The fourth-order valence-electron chi connectivity index (χ4n) is 4.54. The van der Waals surface area contributed by atoms with Gasteiger partial charge in [-0.2, -0.15) is 5.10 Å². The number of aryl methyl sites for hydroxylation is 2. The molecule has 1 saturated heterocycles. The summed E-state index contributed by atoms with van der Waals surface area (Å²) < 4.78 is 9.06. The van der Waals surface area contributed by atoms with Crippen molar-refractivity contribution in [3.63, 3.8) is 0 Å². The summed E-state index contributed by atoms with van der Waals surface area (Å²) in [4.78, 5) is 18.0. The van der Waals surface area contributed by atoms with Crippen LogP contribution in [0, 0.1) is 6.92 Å². The molecule has 4 aromatic rings. The lowest BCUT2D eigenvalue weighted by Crippen LogP contribution is -2.49. The molecule has 7 heteroatoms. The minimum absolute atomic E-state index is 0.00629. The Hall–Kier alpha value is -4.00. The van der Waals surface area contributed by atoms with Gasteiger partial charge in [0.1, 0.15) is 17.1 Å². The number of anilines is 1. The van der Waals surface area contributed by atoms with Crippen LogP contribution in [-0.4, -0.2) is 58.4 Å². The highest BCUT2D eigenvalue weighted by atomic mass is 16.5. The Labute approximate surface area is 199 Å². The summed E-state index contributed by atoms with van der Waals surface area (Å²) in [7, 11) is 3.62. The van der Waals surface area contributed by atoms with E-state index in [2.05, 4.69) is 36.1 Å². The average molecular weight is 456 g/mol. The summed E-state index contributed by atoms with van der Waals surface area (Å²) in [5, 5.41) is 4.83. The summed E-state index contributed by atoms with van der Waals surface area (Å²) in [5.41, 5.74) is 5.61. The van der Waals surface area contributed by atoms with E-state index in [1.54, 1.807) is 11.8 Å². The fraction of sp³-hybridized carbons (Fsp3) is 0.259. The molecular weight excluding hydrogens is 426 g/mol. The van der Waals surface area contributed by atoms with Crippen molar-refractivity contribution < 1.29 is 9.53 Å². The van der Waals surface area contributed by atoms with Gasteiger partial charge < -0.3 is 19.1 Å². The molecule has 0 spiro atoms. The van der Waals surface area contributed by atoms with Crippen molar-refractivity contribution >= 4 is 11.6 Å². The minimum Gasteiger partial charge on any atom is -0.497 e. The van der Waals surface area contributed by atoms with Gasteiger partial charge in [-0.15, -0.1) is 0 Å². The van der Waals surface area contributed by atoms with Gasteiger partial charge in [0.25, 0.3) is 5.91 Å². The molecule has 0 N–H and O–H groups in total. The summed E-state index contributed by atoms with van der Waals surface area (Å²) in [5.74, 6) is 0.756. The molecule has 7 nitrogen and oxygen atoms in total. The zero-order valence-corrected chi connectivity index (χ0v) is 19.8. The zero-order valence-electron chi connectivity index (χ0n) is 19.8. The van der Waals surface area contributed by atoms with Crippen LogP contribution in [0.1, 0.15) is 16.1 Å². The van der Waals surface area contributed by atoms with Gasteiger partial charge in [-0.1, -0.05) is 18.2 Å². The number of nitrogens with zero attached hydrogens (tertiary/aromatic N) is 5. The number of carbonyl (C=O) groups excluding carboxylic acids is 1. The molecule has 1 fully saturated rings. The molecule has 174 valence electrons. The summed E-state index contributed by atoms with van der Waals surface area (Å²) >= 11 is 0. The molecule has 1 aliphatic heterocycles. The van der Waals surface area contributed by atoms with E-state index in [0.29, 0.717) is 18.8 Å². The van der Waals surface area contributed by atoms with Gasteiger partial charge in [0, 0.05) is 45.1 Å². The van der Waals surface area contributed by atoms with E-state index in [-0.39, 0.29) is 5.91 Å². The van der Waals surface area contributed by atoms with Gasteiger partial charge in [0.15, 0.2) is 0 Å². The summed E-state index contributed by atoms with van der Waals surface area (Å²) in [6.45, 7) is 5.07. The number of benzene rings is 2. The van der Waals surface area contributed by atoms with Crippen LogP contribution >= 0.6 is 0 Å². The Bertz CT molecular complexity index is 1300. The van der Waals surface area contributed by atoms with Crippen molar-refractivity contribution in [2.24, 2.45) is 7.05 Å². The molecule has 2 aromatic carbocycles. The lowest BCUT2D eigenvalue weighted by Gasteiger charge is -2.36. The van der Waals surface area contributed by atoms with E-state index in [4.69, 9.17) is 9.84 Å². The van der Waals surface area contributed by atoms with Crippen LogP contribution in [0.4, 0.5) is 5.69 Å². The zero-order chi connectivity index (χ0) is 23.7. The van der Waals surface area contributed by atoms with Crippen LogP contribution in [0.2, 0.25) is 0 Å². The number of amides is 1. The Balaban J connectivity index is 1.44. The number of para-hydroxylation sites is 1. The van der Waals surface area contributed by atoms with Gasteiger partial charge in [-0.25, -0.2) is 4.68 Å². The SMILES string of the molecule is COc1ccc(-n2nc(-c3cccn3C)cc2C(=O)N2CCN(c3ccccc3C)CC2)cc1. The van der Waals surface area contributed by atoms with Gasteiger partial charge in [-0.05, 0) is 61.0 Å². The average Bonchev–Trinajstić information content (AvgIpc) is 3.50. The van der Waals surface area contributed by atoms with Crippen LogP contribution in [0.15, 0.2) is 72.9 Å². The molecule has 0 aliphatic carbocycles. The van der Waals surface area contributed by atoms with Crippen molar-refractivity contribution in [1.29, 1.82) is 0 Å². The lowest BCUT2D eigenvalue weighted by atomic mass is 10.1. The number of piperazine rings is 1. The lowest BCUT2D eigenvalue weighted by molar-refractivity contribution is 0.0737. The smallest absolute Gasteiger partial charge is 0.272 e. The molecule has 5 rings (SSSR count). The second-order valence-corrected chi connectivity index (χ2v) is 8.59. The summed E-state index contributed by atoms with van der Waals surface area (Å²) in [6, 6.07) is 21.9. The number of carbonyl (C=O) groups is 1. The van der Waals surface area contributed by atoms with Gasteiger partial charge in [0.2, 0.25) is 0 Å². The van der Waals surface area contributed by atoms with Crippen LogP contribution in [-0.2, 0) is 7.05 Å². The van der Waals surface area contributed by atoms with Gasteiger partial charge >= 0.3 is 0 Å². The maximum absolute atomic E-state index is 13.7. The third-order valence-electron chi connectivity index (χ3n) is 6.47. The third kappa shape index (κ3) is 4.05. The highest BCUT2D eigenvalue weighted by Gasteiger charge is 2.27. The van der Waals surface area contributed by atoms with E-state index in [1.165, 1.54) is 11.3 Å². The quantitative estimate of drug-likeness (QED) is 0.454. The number of methoxy groups -OCH3 is 1. The molecule has 0 saturated carbocycles. The Kier molecular flexibility index (Phi) is 5.84. The normalized spacial score (nSPS) is 13.9. The number of hydrogen-bond donors (Lipinski definition) is 0. The van der Waals surface area contributed by atoms with Crippen LogP contribution in [0.25, 0.3) is 17.1 Å². The number of ether oxygens (including phenoxy) is 1. The molecule has 0 radical (unpaired) electrons. The van der Waals surface area contributed by atoms with Crippen LogP contribution in [0.3, 0.4) is 0 Å². The third-order valence-corrected chi connectivity index (χ3v) is 6.47. The number of hydrogen-bond acceptors (Lipinski definition) is 4. The number of rotatable bonds is 5.